The molecular weight excluding hydrogens is 368 g/mol. The maximum atomic E-state index is 12.7. The number of esters is 1. The molecule has 0 spiro atoms. The number of hydrogen-bond donors (Lipinski definition) is 2. The Morgan fingerprint density at radius 3 is 2.86 bits per heavy atom. The zero-order valence-electron chi connectivity index (χ0n) is 16.8. The highest BCUT2D eigenvalue weighted by Crippen LogP contribution is 2.29. The van der Waals surface area contributed by atoms with Crippen LogP contribution in [0.4, 0.5) is 11.6 Å². The van der Waals surface area contributed by atoms with Crippen molar-refractivity contribution in [3.05, 3.63) is 46.6 Å². The van der Waals surface area contributed by atoms with Crippen LogP contribution >= 0.6 is 0 Å². The third-order valence-electron chi connectivity index (χ3n) is 4.88. The maximum Gasteiger partial charge on any atom is 0.342 e. The van der Waals surface area contributed by atoms with Crippen LogP contribution in [0.2, 0.25) is 0 Å². The molecule has 0 aliphatic carbocycles. The van der Waals surface area contributed by atoms with Crippen molar-refractivity contribution in [2.24, 2.45) is 0 Å². The van der Waals surface area contributed by atoms with Gasteiger partial charge in [-0.15, -0.1) is 0 Å². The lowest BCUT2D eigenvalue weighted by atomic mass is 10.0. The quantitative estimate of drug-likeness (QED) is 0.593. The lowest BCUT2D eigenvalue weighted by Crippen LogP contribution is -2.24. The molecular formula is C21H24N6O2. The van der Waals surface area contributed by atoms with Gasteiger partial charge in [-0.1, -0.05) is 18.2 Å². The van der Waals surface area contributed by atoms with Crippen LogP contribution in [0.3, 0.4) is 0 Å². The molecule has 8 nitrogen and oxygen atoms in total. The van der Waals surface area contributed by atoms with Crippen LogP contribution in [0.1, 0.15) is 40.5 Å². The molecule has 2 heterocycles. The van der Waals surface area contributed by atoms with Gasteiger partial charge in [0, 0.05) is 19.0 Å². The normalized spacial score (nSPS) is 10.7. The molecule has 0 saturated carbocycles. The number of rotatable bonds is 7. The number of hydrogen-bond acceptors (Lipinski definition) is 7. The first-order valence-electron chi connectivity index (χ1n) is 9.48. The summed E-state index contributed by atoms with van der Waals surface area (Å²) in [5.41, 5.74) is 8.95. The van der Waals surface area contributed by atoms with E-state index in [-0.39, 0.29) is 11.8 Å². The molecule has 2 aromatic heterocycles. The van der Waals surface area contributed by atoms with Crippen molar-refractivity contribution >= 4 is 28.5 Å². The number of fused-ring (bicyclic) bond motifs is 1. The number of H-pyrrole nitrogens is 1. The van der Waals surface area contributed by atoms with Gasteiger partial charge in [-0.05, 0) is 38.3 Å². The molecule has 150 valence electrons. The fourth-order valence-electron chi connectivity index (χ4n) is 3.38. The van der Waals surface area contributed by atoms with Crippen LogP contribution in [0.25, 0.3) is 10.9 Å². The van der Waals surface area contributed by atoms with Crippen molar-refractivity contribution < 1.29 is 9.53 Å². The number of anilines is 2. The van der Waals surface area contributed by atoms with Crippen LogP contribution in [-0.2, 0) is 11.2 Å². The first kappa shape index (κ1) is 20.1. The Bertz CT molecular complexity index is 1080. The molecule has 3 rings (SSSR count). The Balaban J connectivity index is 1.87. The molecule has 3 aromatic rings. The zero-order valence-corrected chi connectivity index (χ0v) is 16.8. The second-order valence-corrected chi connectivity index (χ2v) is 6.77. The van der Waals surface area contributed by atoms with Crippen molar-refractivity contribution in [3.8, 4) is 6.07 Å². The Hall–Kier alpha value is -3.60. The average molecular weight is 392 g/mol. The summed E-state index contributed by atoms with van der Waals surface area (Å²) >= 11 is 0. The van der Waals surface area contributed by atoms with E-state index in [2.05, 4.69) is 16.3 Å². The van der Waals surface area contributed by atoms with Gasteiger partial charge < -0.3 is 15.4 Å². The van der Waals surface area contributed by atoms with Gasteiger partial charge in [-0.2, -0.15) is 10.4 Å². The number of aryl methyl sites for hydroxylation is 2. The summed E-state index contributed by atoms with van der Waals surface area (Å²) in [5.74, 6) is 0.426. The summed E-state index contributed by atoms with van der Waals surface area (Å²) in [6.07, 6.45) is 1.33. The number of aromatic amines is 1. The van der Waals surface area contributed by atoms with E-state index >= 15 is 0 Å². The fraction of sp³-hybridized carbons (Fsp3) is 0.333. The number of nitriles is 1. The van der Waals surface area contributed by atoms with Gasteiger partial charge in [0.1, 0.15) is 23.0 Å². The molecule has 0 radical (unpaired) electrons. The van der Waals surface area contributed by atoms with E-state index in [1.54, 1.807) is 6.92 Å². The molecule has 0 aliphatic heterocycles. The Morgan fingerprint density at radius 2 is 2.14 bits per heavy atom. The standard InChI is InChI=1S/C21H24N6O2/c1-4-29-21(28)18-13(2)14-8-5-6-9-16(14)24-20(18)27(3)11-7-10-17-15(12-22)19(23)26-25-17/h5-6,8-9H,4,7,10-11H2,1-3H3,(H3,23,25,26). The number of ether oxygens (including phenoxy) is 1. The predicted molar refractivity (Wildman–Crippen MR) is 112 cm³/mol. The lowest BCUT2D eigenvalue weighted by molar-refractivity contribution is 0.0526. The van der Waals surface area contributed by atoms with Gasteiger partial charge in [0.15, 0.2) is 5.82 Å². The minimum Gasteiger partial charge on any atom is -0.462 e. The van der Waals surface area contributed by atoms with Gasteiger partial charge in [0.05, 0.1) is 17.8 Å². The average Bonchev–Trinajstić information content (AvgIpc) is 3.07. The smallest absolute Gasteiger partial charge is 0.342 e. The minimum atomic E-state index is -0.377. The number of para-hydroxylation sites is 1. The van der Waals surface area contributed by atoms with Gasteiger partial charge in [-0.25, -0.2) is 9.78 Å². The van der Waals surface area contributed by atoms with Crippen molar-refractivity contribution in [1.82, 2.24) is 15.2 Å². The second-order valence-electron chi connectivity index (χ2n) is 6.77. The number of nitrogens with two attached hydrogens (primary N) is 1. The van der Waals surface area contributed by atoms with Crippen molar-refractivity contribution in [2.45, 2.75) is 26.7 Å². The summed E-state index contributed by atoms with van der Waals surface area (Å²) in [7, 11) is 1.89. The molecule has 0 atom stereocenters. The summed E-state index contributed by atoms with van der Waals surface area (Å²) < 4.78 is 5.29. The van der Waals surface area contributed by atoms with E-state index in [1.165, 1.54) is 0 Å². The molecule has 0 aliphatic rings. The summed E-state index contributed by atoms with van der Waals surface area (Å²) in [4.78, 5) is 19.3. The molecule has 0 fully saturated rings. The van der Waals surface area contributed by atoms with Crippen molar-refractivity contribution in [2.75, 3.05) is 30.8 Å². The van der Waals surface area contributed by atoms with E-state index in [9.17, 15) is 10.1 Å². The second kappa shape index (κ2) is 8.61. The van der Waals surface area contributed by atoms with E-state index in [0.29, 0.717) is 42.2 Å². The van der Waals surface area contributed by atoms with Crippen LogP contribution < -0.4 is 10.6 Å². The minimum absolute atomic E-state index is 0.215. The van der Waals surface area contributed by atoms with Gasteiger partial charge >= 0.3 is 5.97 Å². The molecule has 8 heteroatoms. The van der Waals surface area contributed by atoms with E-state index < -0.39 is 0 Å². The highest BCUT2D eigenvalue weighted by molar-refractivity contribution is 6.02. The highest BCUT2D eigenvalue weighted by Gasteiger charge is 2.22. The van der Waals surface area contributed by atoms with Crippen LogP contribution in [0.15, 0.2) is 24.3 Å². The van der Waals surface area contributed by atoms with Crippen molar-refractivity contribution in [3.63, 3.8) is 0 Å². The summed E-state index contributed by atoms with van der Waals surface area (Å²) in [6, 6.07) is 9.81. The van der Waals surface area contributed by atoms with E-state index in [4.69, 9.17) is 15.5 Å². The molecule has 0 unspecified atom stereocenters. The monoisotopic (exact) mass is 392 g/mol. The third kappa shape index (κ3) is 3.99. The molecule has 0 amide bonds. The zero-order chi connectivity index (χ0) is 21.0. The number of benzene rings is 1. The van der Waals surface area contributed by atoms with Crippen LogP contribution in [0.5, 0.6) is 0 Å². The number of nitrogens with one attached hydrogen (secondary N) is 1. The highest BCUT2D eigenvalue weighted by atomic mass is 16.5. The largest absolute Gasteiger partial charge is 0.462 e. The molecule has 3 N–H and O–H groups in total. The number of carbonyl (C=O) groups excluding carboxylic acids is 1. The van der Waals surface area contributed by atoms with Crippen LogP contribution in [-0.4, -0.2) is 41.3 Å². The molecule has 0 bridgehead atoms. The SMILES string of the molecule is CCOC(=O)c1c(N(C)CCCc2[nH]nc(N)c2C#N)nc2ccccc2c1C. The number of aromatic nitrogens is 3. The van der Waals surface area contributed by atoms with Crippen LogP contribution in [0, 0.1) is 18.3 Å². The van der Waals surface area contributed by atoms with Gasteiger partial charge in [0.2, 0.25) is 0 Å². The lowest BCUT2D eigenvalue weighted by Gasteiger charge is -2.23. The third-order valence-corrected chi connectivity index (χ3v) is 4.88. The Labute approximate surface area is 169 Å². The Kier molecular flexibility index (Phi) is 5.98. The number of nitrogen functional groups attached to an aromatic ring is 1. The van der Waals surface area contributed by atoms with Gasteiger partial charge in [0.25, 0.3) is 0 Å². The van der Waals surface area contributed by atoms with Gasteiger partial charge in [-0.3, -0.25) is 5.10 Å². The Morgan fingerprint density at radius 1 is 1.38 bits per heavy atom. The van der Waals surface area contributed by atoms with Crippen molar-refractivity contribution in [1.29, 1.82) is 5.26 Å². The van der Waals surface area contributed by atoms with E-state index in [1.807, 2.05) is 43.1 Å². The number of pyridine rings is 1. The molecule has 29 heavy (non-hydrogen) atoms. The first-order valence-corrected chi connectivity index (χ1v) is 9.48. The molecule has 1 aromatic carbocycles. The maximum absolute atomic E-state index is 12.7. The first-order chi connectivity index (χ1) is 14.0. The number of carbonyl (C=O) groups is 1. The fourth-order valence-corrected chi connectivity index (χ4v) is 3.38. The topological polar surface area (TPSA) is 121 Å². The molecule has 0 saturated heterocycles. The number of nitrogens with zero attached hydrogens (tertiary/aromatic N) is 4. The summed E-state index contributed by atoms with van der Waals surface area (Å²) in [5, 5.41) is 16.8. The predicted octanol–water partition coefficient (Wildman–Crippen LogP) is 2.97. The van der Waals surface area contributed by atoms with E-state index in [0.717, 1.165) is 22.9 Å². The summed E-state index contributed by atoms with van der Waals surface area (Å²) in [6.45, 7) is 4.63.